The van der Waals surface area contributed by atoms with Crippen LogP contribution in [0, 0.1) is 0 Å². The van der Waals surface area contributed by atoms with Gasteiger partial charge in [0.25, 0.3) is 0 Å². The maximum Gasteiger partial charge on any atom is 0.190 e. The molecular weight excluding hydrogens is 295 g/mol. The molecule has 1 unspecified atom stereocenters. The number of hydrogen-bond donors (Lipinski definition) is 2. The minimum absolute atomic E-state index is 0. The standard InChI is InChI=1S/C9H15N2O2.HI/c1-11-5-4-10-8(6-11)2-3-9(13)7-12;/h4-6,9,12-13H,2-3,7H2,1H3;1H/q+1;/p-1. The summed E-state index contributed by atoms with van der Waals surface area (Å²) >= 11 is 0. The van der Waals surface area contributed by atoms with E-state index < -0.39 is 6.10 Å². The monoisotopic (exact) mass is 310 g/mol. The summed E-state index contributed by atoms with van der Waals surface area (Å²) in [5, 5.41) is 17.7. The lowest BCUT2D eigenvalue weighted by molar-refractivity contribution is -0.672. The quantitative estimate of drug-likeness (QED) is 0.443. The first-order valence-electron chi connectivity index (χ1n) is 4.31. The van der Waals surface area contributed by atoms with E-state index in [0.29, 0.717) is 12.8 Å². The Morgan fingerprint density at radius 1 is 1.57 bits per heavy atom. The van der Waals surface area contributed by atoms with Crippen molar-refractivity contribution >= 4 is 0 Å². The van der Waals surface area contributed by atoms with Crippen LogP contribution in [-0.2, 0) is 13.5 Å². The fraction of sp³-hybridized carbons (Fsp3) is 0.556. The van der Waals surface area contributed by atoms with Crippen molar-refractivity contribution in [2.24, 2.45) is 7.05 Å². The molecular formula is C9H15IN2O2. The Hall–Kier alpha value is -0.270. The second-order valence-electron chi connectivity index (χ2n) is 3.09. The van der Waals surface area contributed by atoms with Gasteiger partial charge in [0.05, 0.1) is 18.9 Å². The molecule has 0 radical (unpaired) electrons. The minimum atomic E-state index is -0.632. The molecule has 80 valence electrons. The third-order valence-electron chi connectivity index (χ3n) is 1.84. The van der Waals surface area contributed by atoms with Gasteiger partial charge in [-0.15, -0.1) is 0 Å². The molecule has 4 nitrogen and oxygen atoms in total. The second kappa shape index (κ2) is 7.08. The lowest BCUT2D eigenvalue weighted by Gasteiger charge is -2.04. The lowest BCUT2D eigenvalue weighted by Crippen LogP contribution is -3.00. The van der Waals surface area contributed by atoms with Gasteiger partial charge >= 0.3 is 0 Å². The van der Waals surface area contributed by atoms with E-state index in [1.165, 1.54) is 0 Å². The van der Waals surface area contributed by atoms with E-state index in [4.69, 9.17) is 10.2 Å². The van der Waals surface area contributed by atoms with E-state index in [0.717, 1.165) is 5.69 Å². The number of nitrogens with zero attached hydrogens (tertiary/aromatic N) is 2. The van der Waals surface area contributed by atoms with Crippen LogP contribution < -0.4 is 28.5 Å². The fourth-order valence-corrected chi connectivity index (χ4v) is 1.08. The Labute approximate surface area is 101 Å². The molecule has 1 atom stereocenters. The average molecular weight is 310 g/mol. The van der Waals surface area contributed by atoms with Gasteiger partial charge in [-0.05, 0) is 12.8 Å². The molecule has 0 aliphatic heterocycles. The highest BCUT2D eigenvalue weighted by Gasteiger charge is 2.05. The first-order chi connectivity index (χ1) is 6.22. The van der Waals surface area contributed by atoms with Gasteiger partial charge in [-0.1, -0.05) is 0 Å². The van der Waals surface area contributed by atoms with E-state index in [9.17, 15) is 0 Å². The third-order valence-corrected chi connectivity index (χ3v) is 1.84. The summed E-state index contributed by atoms with van der Waals surface area (Å²) in [7, 11) is 1.92. The van der Waals surface area contributed by atoms with Crippen molar-refractivity contribution in [2.45, 2.75) is 18.9 Å². The first kappa shape index (κ1) is 13.7. The molecule has 0 bridgehead atoms. The smallest absolute Gasteiger partial charge is 0.190 e. The summed E-state index contributed by atoms with van der Waals surface area (Å²) in [5.74, 6) is 0. The van der Waals surface area contributed by atoms with Gasteiger partial charge in [-0.25, -0.2) is 9.55 Å². The van der Waals surface area contributed by atoms with Crippen molar-refractivity contribution in [3.8, 4) is 0 Å². The number of hydrogen-bond acceptors (Lipinski definition) is 3. The molecule has 0 aliphatic carbocycles. The highest BCUT2D eigenvalue weighted by atomic mass is 127. The van der Waals surface area contributed by atoms with Crippen LogP contribution in [0.4, 0.5) is 0 Å². The zero-order valence-corrected chi connectivity index (χ0v) is 10.3. The maximum absolute atomic E-state index is 9.10. The number of aliphatic hydroxyl groups excluding tert-OH is 2. The van der Waals surface area contributed by atoms with Gasteiger partial charge < -0.3 is 34.2 Å². The third kappa shape index (κ3) is 4.83. The lowest BCUT2D eigenvalue weighted by atomic mass is 10.2. The molecule has 0 spiro atoms. The SMILES string of the molecule is C[n+]1ccnc(CCC(O)CO)c1.[I-]. The van der Waals surface area contributed by atoms with E-state index >= 15 is 0 Å². The van der Waals surface area contributed by atoms with Crippen molar-refractivity contribution in [1.82, 2.24) is 4.98 Å². The van der Waals surface area contributed by atoms with Crippen molar-refractivity contribution in [1.29, 1.82) is 0 Å². The Bertz CT molecular complexity index is 271. The van der Waals surface area contributed by atoms with Gasteiger partial charge in [-0.2, -0.15) is 0 Å². The predicted molar refractivity (Wildman–Crippen MR) is 46.8 cm³/mol. The average Bonchev–Trinajstić information content (AvgIpc) is 2.14. The zero-order chi connectivity index (χ0) is 9.68. The van der Waals surface area contributed by atoms with E-state index in [1.54, 1.807) is 6.20 Å². The molecule has 0 saturated heterocycles. The van der Waals surface area contributed by atoms with Gasteiger partial charge in [0.2, 0.25) is 0 Å². The van der Waals surface area contributed by atoms with Gasteiger partial charge in [0.15, 0.2) is 12.4 Å². The number of rotatable bonds is 4. The molecule has 0 saturated carbocycles. The number of aliphatic hydroxyl groups is 2. The summed E-state index contributed by atoms with van der Waals surface area (Å²) in [5.41, 5.74) is 0.928. The molecule has 1 aromatic heterocycles. The number of aromatic nitrogens is 2. The van der Waals surface area contributed by atoms with Gasteiger partial charge in [0, 0.05) is 0 Å². The molecule has 0 aromatic carbocycles. The van der Waals surface area contributed by atoms with Crippen LogP contribution in [0.15, 0.2) is 18.6 Å². The highest BCUT2D eigenvalue weighted by molar-refractivity contribution is 4.90. The summed E-state index contributed by atoms with van der Waals surface area (Å²) < 4.78 is 1.91. The van der Waals surface area contributed by atoms with E-state index in [2.05, 4.69) is 4.98 Å². The molecule has 0 amide bonds. The van der Waals surface area contributed by atoms with Crippen molar-refractivity contribution in [3.05, 3.63) is 24.3 Å². The Morgan fingerprint density at radius 3 is 2.86 bits per heavy atom. The predicted octanol–water partition coefficient (Wildman–Crippen LogP) is -3.80. The summed E-state index contributed by atoms with van der Waals surface area (Å²) in [6.07, 6.45) is 6.09. The van der Waals surface area contributed by atoms with Crippen molar-refractivity contribution in [3.63, 3.8) is 0 Å². The van der Waals surface area contributed by atoms with E-state index in [1.807, 2.05) is 24.0 Å². The van der Waals surface area contributed by atoms with Crippen LogP contribution >= 0.6 is 0 Å². The maximum atomic E-state index is 9.10. The van der Waals surface area contributed by atoms with Gasteiger partial charge in [0.1, 0.15) is 12.7 Å². The topological polar surface area (TPSA) is 57.2 Å². The van der Waals surface area contributed by atoms with Crippen LogP contribution in [0.3, 0.4) is 0 Å². The summed E-state index contributed by atoms with van der Waals surface area (Å²) in [6, 6.07) is 0. The minimum Gasteiger partial charge on any atom is -1.00 e. The molecule has 5 heteroatoms. The Morgan fingerprint density at radius 2 is 2.29 bits per heavy atom. The van der Waals surface area contributed by atoms with Gasteiger partial charge in [-0.3, -0.25) is 0 Å². The Balaban J connectivity index is 0.00000169. The zero-order valence-electron chi connectivity index (χ0n) is 8.10. The number of halogens is 1. The molecule has 1 aromatic rings. The van der Waals surface area contributed by atoms with Crippen LogP contribution in [-0.4, -0.2) is 27.9 Å². The highest BCUT2D eigenvalue weighted by Crippen LogP contribution is 1.98. The molecule has 0 aliphatic rings. The summed E-state index contributed by atoms with van der Waals surface area (Å²) in [6.45, 7) is -0.182. The number of aryl methyl sites for hydroxylation is 2. The van der Waals surface area contributed by atoms with Crippen LogP contribution in [0.1, 0.15) is 12.1 Å². The molecule has 1 heterocycles. The largest absolute Gasteiger partial charge is 1.00 e. The molecule has 0 fully saturated rings. The summed E-state index contributed by atoms with van der Waals surface area (Å²) in [4.78, 5) is 4.13. The normalized spacial score (nSPS) is 11.9. The van der Waals surface area contributed by atoms with Crippen molar-refractivity contribution < 1.29 is 38.8 Å². The van der Waals surface area contributed by atoms with Crippen LogP contribution in [0.25, 0.3) is 0 Å². The molecule has 2 N–H and O–H groups in total. The van der Waals surface area contributed by atoms with E-state index in [-0.39, 0.29) is 30.6 Å². The molecule has 14 heavy (non-hydrogen) atoms. The first-order valence-corrected chi connectivity index (χ1v) is 4.31. The van der Waals surface area contributed by atoms with Crippen LogP contribution in [0.5, 0.6) is 0 Å². The Kier molecular flexibility index (Phi) is 6.94. The van der Waals surface area contributed by atoms with Crippen molar-refractivity contribution in [2.75, 3.05) is 6.61 Å². The fourth-order valence-electron chi connectivity index (χ4n) is 1.08. The molecule has 1 rings (SSSR count). The van der Waals surface area contributed by atoms with Crippen LogP contribution in [0.2, 0.25) is 0 Å². The second-order valence-corrected chi connectivity index (χ2v) is 3.09.